The molecule has 0 amide bonds. The third kappa shape index (κ3) is 48.7. The zero-order valence-corrected chi connectivity index (χ0v) is 39.8. The van der Waals surface area contributed by atoms with Gasteiger partial charge in [-0.05, 0) is 57.8 Å². The smallest absolute Gasteiger partial charge is 0.462 e. The van der Waals surface area contributed by atoms with Crippen molar-refractivity contribution < 1.29 is 37.9 Å². The summed E-state index contributed by atoms with van der Waals surface area (Å²) in [6, 6.07) is 0. The highest BCUT2D eigenvalue weighted by Gasteiger charge is 2.23. The average molecular weight is 865 g/mol. The molecule has 0 spiro atoms. The first kappa shape index (κ1) is 58.0. The standard InChI is InChI=1S/C51H93O8P/c1-3-5-7-9-11-13-15-17-19-21-23-24-25-26-28-29-31-33-35-37-39-41-43-45-50(52)57-47-49(48-58-60(54,55)56)59-51(53)46-44-42-40-38-36-34-32-30-27-22-20-18-16-14-12-10-8-6-4-2/h12,14,18,20,27,30,34,36,49H,3-11,13,15-17,19,21-26,28-29,31-33,35,37-48H2,1-2H3,(H2,54,55,56)/b14-12+,20-18+,30-27+,36-34+/t49-/m1/s1. The molecule has 0 aliphatic rings. The molecule has 0 bridgehead atoms. The van der Waals surface area contributed by atoms with Crippen molar-refractivity contribution in [2.75, 3.05) is 13.2 Å². The number of hydrogen-bond donors (Lipinski definition) is 2. The van der Waals surface area contributed by atoms with Crippen LogP contribution in [0.15, 0.2) is 48.6 Å². The van der Waals surface area contributed by atoms with E-state index in [-0.39, 0.29) is 19.4 Å². The van der Waals surface area contributed by atoms with E-state index in [1.54, 1.807) is 0 Å². The first-order chi connectivity index (χ1) is 29.3. The summed E-state index contributed by atoms with van der Waals surface area (Å²) in [7, 11) is -4.77. The van der Waals surface area contributed by atoms with Crippen LogP contribution in [0.2, 0.25) is 0 Å². The normalized spacial score (nSPS) is 12.8. The number of phosphoric ester groups is 1. The van der Waals surface area contributed by atoms with Crippen molar-refractivity contribution >= 4 is 19.8 Å². The van der Waals surface area contributed by atoms with Crippen LogP contribution in [0, 0.1) is 0 Å². The van der Waals surface area contributed by atoms with Crippen LogP contribution in [0.4, 0.5) is 0 Å². The van der Waals surface area contributed by atoms with Crippen LogP contribution in [0.1, 0.15) is 245 Å². The van der Waals surface area contributed by atoms with Crippen molar-refractivity contribution in [3.63, 3.8) is 0 Å². The first-order valence-electron chi connectivity index (χ1n) is 24.9. The second kappa shape index (κ2) is 46.5. The average Bonchev–Trinajstić information content (AvgIpc) is 3.22. The van der Waals surface area contributed by atoms with E-state index >= 15 is 0 Å². The molecular formula is C51H93O8P. The fourth-order valence-corrected chi connectivity index (χ4v) is 7.48. The van der Waals surface area contributed by atoms with Crippen molar-refractivity contribution in [2.45, 2.75) is 251 Å². The molecule has 0 fully saturated rings. The molecule has 0 saturated carbocycles. The molecule has 0 aliphatic heterocycles. The number of allylic oxidation sites excluding steroid dienone is 8. The molecule has 0 aromatic heterocycles. The zero-order chi connectivity index (χ0) is 43.9. The van der Waals surface area contributed by atoms with Crippen LogP contribution in [0.5, 0.6) is 0 Å². The van der Waals surface area contributed by atoms with E-state index in [9.17, 15) is 14.2 Å². The Morgan fingerprint density at radius 3 is 1.15 bits per heavy atom. The van der Waals surface area contributed by atoms with E-state index in [0.29, 0.717) is 6.42 Å². The topological polar surface area (TPSA) is 119 Å². The van der Waals surface area contributed by atoms with Crippen LogP contribution < -0.4 is 0 Å². The highest BCUT2D eigenvalue weighted by molar-refractivity contribution is 7.46. The zero-order valence-electron chi connectivity index (χ0n) is 38.9. The predicted molar refractivity (Wildman–Crippen MR) is 253 cm³/mol. The number of carbonyl (C=O) groups excluding carboxylic acids is 2. The Balaban J connectivity index is 3.85. The van der Waals surface area contributed by atoms with Gasteiger partial charge in [0.15, 0.2) is 6.10 Å². The van der Waals surface area contributed by atoms with Crippen molar-refractivity contribution in [1.82, 2.24) is 0 Å². The largest absolute Gasteiger partial charge is 0.469 e. The van der Waals surface area contributed by atoms with Gasteiger partial charge in [0.05, 0.1) is 6.61 Å². The molecule has 0 unspecified atom stereocenters. The van der Waals surface area contributed by atoms with Crippen molar-refractivity contribution in [3.05, 3.63) is 48.6 Å². The number of ether oxygens (including phenoxy) is 2. The van der Waals surface area contributed by atoms with Gasteiger partial charge in [-0.15, -0.1) is 0 Å². The summed E-state index contributed by atoms with van der Waals surface area (Å²) in [4.78, 5) is 43.0. The van der Waals surface area contributed by atoms with Crippen molar-refractivity contribution in [3.8, 4) is 0 Å². The molecule has 9 heteroatoms. The summed E-state index contributed by atoms with van der Waals surface area (Å²) in [5.41, 5.74) is 0. The maximum Gasteiger partial charge on any atom is 0.469 e. The van der Waals surface area contributed by atoms with Gasteiger partial charge in [-0.1, -0.05) is 223 Å². The molecule has 1 atom stereocenters. The second-order valence-corrected chi connectivity index (χ2v) is 18.0. The Labute approximate surface area is 369 Å². The number of carbonyl (C=O) groups is 2. The van der Waals surface area contributed by atoms with Gasteiger partial charge in [0, 0.05) is 12.8 Å². The lowest BCUT2D eigenvalue weighted by Gasteiger charge is -2.18. The molecule has 0 radical (unpaired) electrons. The SMILES string of the molecule is CCCCC/C=C/C/C=C/C/C=C/C/C=C/CCCCCC(=O)O[C@H](COC(=O)CCCCCCCCCCCCCCCCCCCCCCCCC)COP(=O)(O)O. The molecule has 0 heterocycles. The minimum absolute atomic E-state index is 0.175. The fraction of sp³-hybridized carbons (Fsp3) is 0.804. The lowest BCUT2D eigenvalue weighted by Crippen LogP contribution is -2.29. The van der Waals surface area contributed by atoms with E-state index < -0.39 is 32.5 Å². The van der Waals surface area contributed by atoms with Crippen LogP contribution in [-0.4, -0.2) is 41.0 Å². The quantitative estimate of drug-likeness (QED) is 0.0269. The summed E-state index contributed by atoms with van der Waals surface area (Å²) in [5.74, 6) is -0.912. The molecule has 8 nitrogen and oxygen atoms in total. The maximum atomic E-state index is 12.4. The first-order valence-corrected chi connectivity index (χ1v) is 26.5. The lowest BCUT2D eigenvalue weighted by molar-refractivity contribution is -0.161. The van der Waals surface area contributed by atoms with Gasteiger partial charge in [-0.25, -0.2) is 4.57 Å². The predicted octanol–water partition coefficient (Wildman–Crippen LogP) is 15.9. The van der Waals surface area contributed by atoms with Gasteiger partial charge in [0.25, 0.3) is 0 Å². The highest BCUT2D eigenvalue weighted by Crippen LogP contribution is 2.36. The van der Waals surface area contributed by atoms with Gasteiger partial charge in [-0.2, -0.15) is 0 Å². The molecule has 60 heavy (non-hydrogen) atoms. The Kier molecular flexibility index (Phi) is 45.0. The Morgan fingerprint density at radius 2 is 0.750 bits per heavy atom. The third-order valence-corrected chi connectivity index (χ3v) is 11.3. The van der Waals surface area contributed by atoms with Gasteiger partial charge in [-0.3, -0.25) is 14.1 Å². The number of unbranched alkanes of at least 4 members (excludes halogenated alkanes) is 28. The highest BCUT2D eigenvalue weighted by atomic mass is 31.2. The molecule has 0 saturated heterocycles. The Hall–Kier alpha value is -1.99. The van der Waals surface area contributed by atoms with E-state index in [1.807, 2.05) is 0 Å². The van der Waals surface area contributed by atoms with Gasteiger partial charge in [0.1, 0.15) is 6.61 Å². The van der Waals surface area contributed by atoms with Crippen molar-refractivity contribution in [1.29, 1.82) is 0 Å². The molecule has 350 valence electrons. The summed E-state index contributed by atoms with van der Waals surface area (Å²) in [6.07, 6.45) is 58.5. The summed E-state index contributed by atoms with van der Waals surface area (Å²) in [5, 5.41) is 0. The number of phosphoric acid groups is 1. The Bertz CT molecular complexity index is 1110. The van der Waals surface area contributed by atoms with E-state index in [1.165, 1.54) is 154 Å². The van der Waals surface area contributed by atoms with E-state index in [4.69, 9.17) is 19.3 Å². The number of esters is 2. The minimum Gasteiger partial charge on any atom is -0.462 e. The molecule has 0 aromatic rings. The van der Waals surface area contributed by atoms with Gasteiger partial charge in [0.2, 0.25) is 0 Å². The maximum absolute atomic E-state index is 12.4. The van der Waals surface area contributed by atoms with Gasteiger partial charge >= 0.3 is 19.8 Å². The van der Waals surface area contributed by atoms with Gasteiger partial charge < -0.3 is 19.3 Å². The van der Waals surface area contributed by atoms with Crippen LogP contribution in [-0.2, 0) is 28.2 Å². The summed E-state index contributed by atoms with van der Waals surface area (Å²) < 4.78 is 26.5. The van der Waals surface area contributed by atoms with Crippen molar-refractivity contribution in [2.24, 2.45) is 0 Å². The fourth-order valence-electron chi connectivity index (χ4n) is 7.12. The minimum atomic E-state index is -4.77. The molecule has 2 N–H and O–H groups in total. The lowest BCUT2D eigenvalue weighted by atomic mass is 10.0. The van der Waals surface area contributed by atoms with Crippen LogP contribution in [0.25, 0.3) is 0 Å². The number of rotatable bonds is 46. The molecule has 0 rings (SSSR count). The number of hydrogen-bond acceptors (Lipinski definition) is 6. The van der Waals surface area contributed by atoms with Crippen LogP contribution >= 0.6 is 7.82 Å². The van der Waals surface area contributed by atoms with E-state index in [0.717, 1.165) is 57.8 Å². The third-order valence-electron chi connectivity index (χ3n) is 10.9. The van der Waals surface area contributed by atoms with E-state index in [2.05, 4.69) is 67.0 Å². The molecule has 0 aromatic carbocycles. The molecular weight excluding hydrogens is 772 g/mol. The summed E-state index contributed by atoms with van der Waals surface area (Å²) >= 11 is 0. The summed E-state index contributed by atoms with van der Waals surface area (Å²) in [6.45, 7) is 3.67. The Morgan fingerprint density at radius 1 is 0.433 bits per heavy atom. The van der Waals surface area contributed by atoms with Crippen LogP contribution in [0.3, 0.4) is 0 Å². The molecule has 0 aliphatic carbocycles. The monoisotopic (exact) mass is 865 g/mol. The second-order valence-electron chi connectivity index (χ2n) is 16.8.